The minimum Gasteiger partial charge on any atom is -0.491 e. The molecule has 0 saturated heterocycles. The van der Waals surface area contributed by atoms with Gasteiger partial charge in [0, 0.05) is 11.8 Å². The third-order valence-electron chi connectivity index (χ3n) is 3.90. The topological polar surface area (TPSA) is 84.9 Å². The lowest BCUT2D eigenvalue weighted by Gasteiger charge is -2.33. The standard InChI is InChI=1S/C19H22N2O5S/c1-13(2)25-15-8-6-7-14(11-15)20-19(22)18-12-21(27(3,23)24)16-9-4-5-10-17(16)26-18/h4-11,13,18H,12H2,1-3H3,(H,20,22)/t18-/m0/s1. The summed E-state index contributed by atoms with van der Waals surface area (Å²) in [6, 6.07) is 13.8. The van der Waals surface area contributed by atoms with Gasteiger partial charge < -0.3 is 14.8 Å². The second kappa shape index (κ2) is 7.48. The van der Waals surface area contributed by atoms with Crippen LogP contribution in [0.25, 0.3) is 0 Å². The molecule has 1 aliphatic heterocycles. The maximum Gasteiger partial charge on any atom is 0.267 e. The highest BCUT2D eigenvalue weighted by molar-refractivity contribution is 7.92. The Morgan fingerprint density at radius 3 is 2.67 bits per heavy atom. The van der Waals surface area contributed by atoms with Crippen LogP contribution in [0.5, 0.6) is 11.5 Å². The number of amides is 1. The number of benzene rings is 2. The summed E-state index contributed by atoms with van der Waals surface area (Å²) in [6.45, 7) is 3.74. The van der Waals surface area contributed by atoms with E-state index >= 15 is 0 Å². The number of ether oxygens (including phenoxy) is 2. The minimum absolute atomic E-state index is 0.0115. The van der Waals surface area contributed by atoms with Gasteiger partial charge in [-0.2, -0.15) is 0 Å². The molecule has 3 rings (SSSR count). The molecule has 0 spiro atoms. The third-order valence-corrected chi connectivity index (χ3v) is 5.05. The van der Waals surface area contributed by atoms with Gasteiger partial charge in [0.15, 0.2) is 6.10 Å². The van der Waals surface area contributed by atoms with E-state index in [0.29, 0.717) is 22.9 Å². The van der Waals surface area contributed by atoms with E-state index in [2.05, 4.69) is 5.32 Å². The Morgan fingerprint density at radius 2 is 1.96 bits per heavy atom. The van der Waals surface area contributed by atoms with Crippen molar-refractivity contribution in [3.05, 3.63) is 48.5 Å². The molecule has 1 heterocycles. The molecular formula is C19H22N2O5S. The van der Waals surface area contributed by atoms with Gasteiger partial charge in [0.25, 0.3) is 5.91 Å². The van der Waals surface area contributed by atoms with E-state index in [4.69, 9.17) is 9.47 Å². The Balaban J connectivity index is 1.80. The fraction of sp³-hybridized carbons (Fsp3) is 0.316. The molecule has 2 aromatic rings. The van der Waals surface area contributed by atoms with E-state index in [9.17, 15) is 13.2 Å². The molecule has 144 valence electrons. The van der Waals surface area contributed by atoms with Gasteiger partial charge in [0.1, 0.15) is 11.5 Å². The molecule has 1 atom stereocenters. The van der Waals surface area contributed by atoms with Crippen molar-refractivity contribution >= 4 is 27.3 Å². The lowest BCUT2D eigenvalue weighted by Crippen LogP contribution is -2.48. The van der Waals surface area contributed by atoms with Gasteiger partial charge in [-0.1, -0.05) is 18.2 Å². The number of hydrogen-bond donors (Lipinski definition) is 1. The number of sulfonamides is 1. The van der Waals surface area contributed by atoms with E-state index < -0.39 is 22.0 Å². The summed E-state index contributed by atoms with van der Waals surface area (Å²) in [5.41, 5.74) is 0.975. The molecule has 1 aliphatic rings. The summed E-state index contributed by atoms with van der Waals surface area (Å²) in [5.74, 6) is 0.557. The molecule has 27 heavy (non-hydrogen) atoms. The smallest absolute Gasteiger partial charge is 0.267 e. The largest absolute Gasteiger partial charge is 0.491 e. The van der Waals surface area contributed by atoms with Crippen LogP contribution in [0, 0.1) is 0 Å². The highest BCUT2D eigenvalue weighted by Gasteiger charge is 2.34. The van der Waals surface area contributed by atoms with Crippen LogP contribution in [-0.2, 0) is 14.8 Å². The molecule has 0 saturated carbocycles. The van der Waals surface area contributed by atoms with Crippen LogP contribution >= 0.6 is 0 Å². The molecular weight excluding hydrogens is 368 g/mol. The summed E-state index contributed by atoms with van der Waals surface area (Å²) < 4.78 is 36.8. The number of carbonyl (C=O) groups excluding carboxylic acids is 1. The zero-order valence-corrected chi connectivity index (χ0v) is 16.2. The molecule has 1 N–H and O–H groups in total. The lowest BCUT2D eigenvalue weighted by molar-refractivity contribution is -0.122. The highest BCUT2D eigenvalue weighted by atomic mass is 32.2. The van der Waals surface area contributed by atoms with Crippen LogP contribution in [0.1, 0.15) is 13.8 Å². The van der Waals surface area contributed by atoms with Crippen LogP contribution in [0.3, 0.4) is 0 Å². The number of fused-ring (bicyclic) bond motifs is 1. The van der Waals surface area contributed by atoms with Crippen molar-refractivity contribution in [2.45, 2.75) is 26.1 Å². The van der Waals surface area contributed by atoms with Gasteiger partial charge in [-0.25, -0.2) is 8.42 Å². The predicted octanol–water partition coefficient (Wildman–Crippen LogP) is 2.64. The maximum absolute atomic E-state index is 12.7. The number of nitrogens with one attached hydrogen (secondary N) is 1. The molecule has 8 heteroatoms. The SMILES string of the molecule is CC(C)Oc1cccc(NC(=O)[C@@H]2CN(S(C)(=O)=O)c3ccccc3O2)c1. The van der Waals surface area contributed by atoms with Crippen molar-refractivity contribution < 1.29 is 22.7 Å². The first-order valence-corrected chi connectivity index (χ1v) is 10.4. The Kier molecular flexibility index (Phi) is 5.27. The molecule has 2 aromatic carbocycles. The molecule has 0 bridgehead atoms. The Morgan fingerprint density at radius 1 is 1.22 bits per heavy atom. The average molecular weight is 390 g/mol. The van der Waals surface area contributed by atoms with Crippen LogP contribution in [0.4, 0.5) is 11.4 Å². The normalized spacial score (nSPS) is 16.4. The molecule has 1 amide bonds. The molecule has 0 radical (unpaired) electrons. The zero-order valence-electron chi connectivity index (χ0n) is 15.4. The fourth-order valence-corrected chi connectivity index (χ4v) is 3.71. The number of para-hydroxylation sites is 2. The van der Waals surface area contributed by atoms with Gasteiger partial charge in [0.2, 0.25) is 10.0 Å². The third kappa shape index (κ3) is 4.51. The van der Waals surface area contributed by atoms with Crippen LogP contribution < -0.4 is 19.1 Å². The number of carbonyl (C=O) groups is 1. The van der Waals surface area contributed by atoms with Crippen molar-refractivity contribution in [2.24, 2.45) is 0 Å². The van der Waals surface area contributed by atoms with E-state index in [0.717, 1.165) is 6.26 Å². The highest BCUT2D eigenvalue weighted by Crippen LogP contribution is 2.34. The van der Waals surface area contributed by atoms with Crippen molar-refractivity contribution in [1.29, 1.82) is 0 Å². The summed E-state index contributed by atoms with van der Waals surface area (Å²) >= 11 is 0. The molecule has 0 aromatic heterocycles. The number of hydrogen-bond acceptors (Lipinski definition) is 5. The van der Waals surface area contributed by atoms with Crippen molar-refractivity contribution in [3.63, 3.8) is 0 Å². The van der Waals surface area contributed by atoms with E-state index in [1.807, 2.05) is 13.8 Å². The Bertz CT molecular complexity index is 943. The summed E-state index contributed by atoms with van der Waals surface area (Å²) in [6.07, 6.45) is 0.151. The average Bonchev–Trinajstić information content (AvgIpc) is 2.59. The molecule has 0 fully saturated rings. The maximum atomic E-state index is 12.7. The van der Waals surface area contributed by atoms with Crippen molar-refractivity contribution in [1.82, 2.24) is 0 Å². The van der Waals surface area contributed by atoms with E-state index in [1.54, 1.807) is 48.5 Å². The second-order valence-electron chi connectivity index (χ2n) is 6.55. The first kappa shape index (κ1) is 19.0. The summed E-state index contributed by atoms with van der Waals surface area (Å²) in [7, 11) is -3.55. The van der Waals surface area contributed by atoms with Gasteiger partial charge >= 0.3 is 0 Å². The van der Waals surface area contributed by atoms with Gasteiger partial charge in [-0.05, 0) is 38.1 Å². The monoisotopic (exact) mass is 390 g/mol. The Hall–Kier alpha value is -2.74. The quantitative estimate of drug-likeness (QED) is 0.848. The first-order valence-electron chi connectivity index (χ1n) is 8.55. The van der Waals surface area contributed by atoms with Crippen LogP contribution in [0.2, 0.25) is 0 Å². The fourth-order valence-electron chi connectivity index (χ4n) is 2.79. The summed E-state index contributed by atoms with van der Waals surface area (Å²) in [4.78, 5) is 12.7. The van der Waals surface area contributed by atoms with E-state index in [-0.39, 0.29) is 12.6 Å². The predicted molar refractivity (Wildman–Crippen MR) is 104 cm³/mol. The number of rotatable bonds is 5. The Labute approximate surface area is 158 Å². The van der Waals surface area contributed by atoms with Gasteiger partial charge in [-0.3, -0.25) is 9.10 Å². The van der Waals surface area contributed by atoms with Crippen molar-refractivity contribution in [2.75, 3.05) is 22.4 Å². The number of anilines is 2. The van der Waals surface area contributed by atoms with E-state index in [1.165, 1.54) is 4.31 Å². The zero-order chi connectivity index (χ0) is 19.6. The molecule has 0 aliphatic carbocycles. The summed E-state index contributed by atoms with van der Waals surface area (Å²) in [5, 5.41) is 2.76. The van der Waals surface area contributed by atoms with Crippen LogP contribution in [-0.4, -0.2) is 39.3 Å². The lowest BCUT2D eigenvalue weighted by atomic mass is 10.2. The molecule has 7 nitrogen and oxygen atoms in total. The molecule has 0 unspecified atom stereocenters. The van der Waals surface area contributed by atoms with Gasteiger partial charge in [-0.15, -0.1) is 0 Å². The van der Waals surface area contributed by atoms with Crippen LogP contribution in [0.15, 0.2) is 48.5 Å². The minimum atomic E-state index is -3.55. The van der Waals surface area contributed by atoms with Crippen molar-refractivity contribution in [3.8, 4) is 11.5 Å². The first-order chi connectivity index (χ1) is 12.7. The number of nitrogens with zero attached hydrogens (tertiary/aromatic N) is 1. The van der Waals surface area contributed by atoms with Gasteiger partial charge in [0.05, 0.1) is 24.6 Å². The second-order valence-corrected chi connectivity index (χ2v) is 8.46.